The van der Waals surface area contributed by atoms with Crippen LogP contribution in [-0.4, -0.2) is 18.9 Å². The zero-order valence-electron chi connectivity index (χ0n) is 2.17. The van der Waals surface area contributed by atoms with E-state index in [1.165, 1.54) is 0 Å². The molecule has 0 aromatic rings. The molecular formula is FeLiNiZr. The van der Waals surface area contributed by atoms with Crippen molar-refractivity contribution in [1.82, 2.24) is 0 Å². The fourth-order valence-electron chi connectivity index (χ4n) is 0. The Morgan fingerprint density at radius 2 is 1.00 bits per heavy atom. The Morgan fingerprint density at radius 1 is 1.00 bits per heavy atom. The molecule has 0 saturated carbocycles. The monoisotopic (exact) mass is 211 g/mol. The molecule has 0 aliphatic heterocycles. The standard InChI is InChI=1S/Fe.Li.Ni.Zr. The summed E-state index contributed by atoms with van der Waals surface area (Å²) in [7, 11) is 0. The Morgan fingerprint density at radius 3 is 1.00 bits per heavy atom. The summed E-state index contributed by atoms with van der Waals surface area (Å²) in [4.78, 5) is 0. The topological polar surface area (TPSA) is 0 Å². The summed E-state index contributed by atoms with van der Waals surface area (Å²) in [6.07, 6.45) is 0. The predicted octanol–water partition coefficient (Wildman–Crippen LogP) is -0.388. The summed E-state index contributed by atoms with van der Waals surface area (Å²) in [5.74, 6) is 0. The first-order valence-corrected chi connectivity index (χ1v) is 0. The van der Waals surface area contributed by atoms with Gasteiger partial charge in [-0.1, -0.05) is 0 Å². The molecule has 0 fully saturated rings. The van der Waals surface area contributed by atoms with E-state index in [-0.39, 0.29) is 78.6 Å². The van der Waals surface area contributed by atoms with Crippen molar-refractivity contribution >= 4 is 18.9 Å². The van der Waals surface area contributed by atoms with Crippen molar-refractivity contribution < 1.29 is 59.8 Å². The summed E-state index contributed by atoms with van der Waals surface area (Å²) < 4.78 is 0. The molecule has 4 heteroatoms. The molecule has 0 nitrogen and oxygen atoms in total. The van der Waals surface area contributed by atoms with Gasteiger partial charge < -0.3 is 0 Å². The molecule has 0 N–H and O–H groups in total. The fraction of sp³-hybridized carbons (Fsp3) is 0. The van der Waals surface area contributed by atoms with Gasteiger partial charge in [0.05, 0.1) is 0 Å². The molecule has 0 amide bonds. The first-order chi connectivity index (χ1) is 0. The quantitative estimate of drug-likeness (QED) is 0.480. The van der Waals surface area contributed by atoms with Gasteiger partial charge in [-0.3, -0.25) is 0 Å². The molecule has 0 aromatic heterocycles. The van der Waals surface area contributed by atoms with Crippen LogP contribution >= 0.6 is 0 Å². The van der Waals surface area contributed by atoms with Crippen LogP contribution in [0.1, 0.15) is 0 Å². The zero-order chi connectivity index (χ0) is 0. The number of rotatable bonds is 0. The predicted molar refractivity (Wildman–Crippen MR) is 5.75 cm³/mol. The van der Waals surface area contributed by atoms with Gasteiger partial charge in [-0.05, 0) is 0 Å². The molecule has 1 radical (unpaired) electrons. The van der Waals surface area contributed by atoms with Gasteiger partial charge in [0.15, 0.2) is 0 Å². The average Bonchev–Trinajstić information content (AvgIpc) is 0. The molecule has 0 rings (SSSR count). The van der Waals surface area contributed by atoms with Gasteiger partial charge in [-0.2, -0.15) is 0 Å². The van der Waals surface area contributed by atoms with Crippen molar-refractivity contribution in [2.24, 2.45) is 0 Å². The minimum absolute atomic E-state index is 0. The second kappa shape index (κ2) is 17.8. The van der Waals surface area contributed by atoms with Gasteiger partial charge in [0.1, 0.15) is 0 Å². The molecule has 0 aliphatic rings. The normalized spacial score (nSPS) is 0. The third-order valence-corrected chi connectivity index (χ3v) is 0. The molecule has 0 atom stereocenters. The van der Waals surface area contributed by atoms with Gasteiger partial charge in [0.25, 0.3) is 0 Å². The SMILES string of the molecule is [Fe].[Li].[Ni].[Zr]. The number of hydrogen-bond donors (Lipinski definition) is 0. The van der Waals surface area contributed by atoms with Crippen LogP contribution in [0.2, 0.25) is 0 Å². The molecule has 0 bridgehead atoms. The fourth-order valence-corrected chi connectivity index (χ4v) is 0. The van der Waals surface area contributed by atoms with Gasteiger partial charge in [0.2, 0.25) is 0 Å². The third kappa shape index (κ3) is 8.82. The summed E-state index contributed by atoms with van der Waals surface area (Å²) >= 11 is 0. The van der Waals surface area contributed by atoms with Crippen molar-refractivity contribution in [3.63, 3.8) is 0 Å². The average molecular weight is 213 g/mol. The molecular weight excluding hydrogens is 213 g/mol. The molecule has 0 spiro atoms. The van der Waals surface area contributed by atoms with Gasteiger partial charge in [0, 0.05) is 78.6 Å². The second-order valence-electron chi connectivity index (χ2n) is 0. The van der Waals surface area contributed by atoms with Crippen LogP contribution in [0.25, 0.3) is 0 Å². The van der Waals surface area contributed by atoms with E-state index in [1.54, 1.807) is 0 Å². The van der Waals surface area contributed by atoms with E-state index in [0.717, 1.165) is 0 Å². The first-order valence-electron chi connectivity index (χ1n) is 0. The molecule has 0 saturated heterocycles. The van der Waals surface area contributed by atoms with Crippen molar-refractivity contribution in [3.05, 3.63) is 0 Å². The Balaban J connectivity index is 0. The second-order valence-corrected chi connectivity index (χ2v) is 0. The maximum absolute atomic E-state index is 0. The maximum Gasteiger partial charge on any atom is 0 e. The number of hydrogen-bond acceptors (Lipinski definition) is 0. The Hall–Kier alpha value is 2.49. The minimum atomic E-state index is 0. The van der Waals surface area contributed by atoms with Crippen LogP contribution in [0.4, 0.5) is 0 Å². The maximum atomic E-state index is 0. The van der Waals surface area contributed by atoms with Gasteiger partial charge in [-0.15, -0.1) is 0 Å². The van der Waals surface area contributed by atoms with E-state index < -0.39 is 0 Å². The van der Waals surface area contributed by atoms with Crippen LogP contribution in [0.3, 0.4) is 0 Å². The van der Waals surface area contributed by atoms with E-state index >= 15 is 0 Å². The molecule has 0 heterocycles. The van der Waals surface area contributed by atoms with Crippen LogP contribution in [-0.2, 0) is 59.8 Å². The Labute approximate surface area is 77.6 Å². The third-order valence-electron chi connectivity index (χ3n) is 0. The van der Waals surface area contributed by atoms with Crippen LogP contribution in [0, 0.1) is 0 Å². The van der Waals surface area contributed by atoms with Crippen LogP contribution < -0.4 is 0 Å². The zero-order valence-corrected chi connectivity index (χ0v) is 6.72. The van der Waals surface area contributed by atoms with Crippen molar-refractivity contribution in [3.8, 4) is 0 Å². The van der Waals surface area contributed by atoms with E-state index in [9.17, 15) is 0 Å². The molecule has 23 valence electrons. The first kappa shape index (κ1) is 31.5. The van der Waals surface area contributed by atoms with Crippen molar-refractivity contribution in [2.45, 2.75) is 0 Å². The molecule has 0 aliphatic carbocycles. The Bertz CT molecular complexity index is 8.00. The van der Waals surface area contributed by atoms with Crippen molar-refractivity contribution in [1.29, 1.82) is 0 Å². The largest absolute Gasteiger partial charge is 0 e. The van der Waals surface area contributed by atoms with E-state index in [0.29, 0.717) is 0 Å². The Kier molecular flexibility index (Phi) is 141. The van der Waals surface area contributed by atoms with Crippen molar-refractivity contribution in [2.75, 3.05) is 0 Å². The minimum Gasteiger partial charge on any atom is 0 e. The molecule has 0 aromatic carbocycles. The summed E-state index contributed by atoms with van der Waals surface area (Å²) in [6, 6.07) is 0. The van der Waals surface area contributed by atoms with Gasteiger partial charge in [-0.25, -0.2) is 0 Å². The smallest absolute Gasteiger partial charge is 0 e. The van der Waals surface area contributed by atoms with E-state index in [2.05, 4.69) is 0 Å². The summed E-state index contributed by atoms with van der Waals surface area (Å²) in [5.41, 5.74) is 0. The van der Waals surface area contributed by atoms with E-state index in [1.807, 2.05) is 0 Å². The van der Waals surface area contributed by atoms with Crippen LogP contribution in [0.15, 0.2) is 0 Å². The molecule has 0 unspecified atom stereocenters. The van der Waals surface area contributed by atoms with Crippen LogP contribution in [0.5, 0.6) is 0 Å². The van der Waals surface area contributed by atoms with Gasteiger partial charge >= 0.3 is 0 Å². The van der Waals surface area contributed by atoms with E-state index in [4.69, 9.17) is 0 Å². The summed E-state index contributed by atoms with van der Waals surface area (Å²) in [6.45, 7) is 0. The summed E-state index contributed by atoms with van der Waals surface area (Å²) in [5, 5.41) is 0. The molecule has 4 heavy (non-hydrogen) atoms.